The summed E-state index contributed by atoms with van der Waals surface area (Å²) in [6.07, 6.45) is 0.361. The van der Waals surface area contributed by atoms with Gasteiger partial charge in [-0.3, -0.25) is 4.79 Å². The first kappa shape index (κ1) is 16.3. The van der Waals surface area contributed by atoms with Gasteiger partial charge in [-0.15, -0.1) is 0 Å². The van der Waals surface area contributed by atoms with E-state index < -0.39 is 6.10 Å². The van der Waals surface area contributed by atoms with E-state index in [0.29, 0.717) is 5.75 Å². The highest BCUT2D eigenvalue weighted by atomic mass is 16.5. The Kier molecular flexibility index (Phi) is 5.78. The Bertz CT molecular complexity index is 627. The second-order valence-electron chi connectivity index (χ2n) is 5.55. The summed E-state index contributed by atoms with van der Waals surface area (Å²) in [6, 6.07) is 13.7. The molecule has 0 fully saturated rings. The SMILES string of the molecule is CCC(C)C(O)CNC(=O)COc1ccc2ccccc2c1. The fraction of sp³-hybridized carbons (Fsp3) is 0.389. The van der Waals surface area contributed by atoms with Gasteiger partial charge in [-0.2, -0.15) is 0 Å². The highest BCUT2D eigenvalue weighted by Crippen LogP contribution is 2.20. The molecule has 22 heavy (non-hydrogen) atoms. The number of hydrogen-bond donors (Lipinski definition) is 2. The number of hydrogen-bond acceptors (Lipinski definition) is 3. The van der Waals surface area contributed by atoms with Crippen LogP contribution in [0, 0.1) is 5.92 Å². The molecule has 2 rings (SSSR count). The van der Waals surface area contributed by atoms with Gasteiger partial charge in [0.1, 0.15) is 5.75 Å². The largest absolute Gasteiger partial charge is 0.484 e. The first-order valence-electron chi connectivity index (χ1n) is 7.66. The smallest absolute Gasteiger partial charge is 0.258 e. The lowest BCUT2D eigenvalue weighted by Gasteiger charge is -2.17. The minimum Gasteiger partial charge on any atom is -0.484 e. The van der Waals surface area contributed by atoms with Crippen LogP contribution < -0.4 is 10.1 Å². The Balaban J connectivity index is 1.82. The fourth-order valence-electron chi connectivity index (χ4n) is 2.15. The van der Waals surface area contributed by atoms with Crippen LogP contribution in [0.2, 0.25) is 0 Å². The number of fused-ring (bicyclic) bond motifs is 1. The molecule has 0 radical (unpaired) electrons. The molecule has 1 amide bonds. The van der Waals surface area contributed by atoms with E-state index in [2.05, 4.69) is 5.32 Å². The molecule has 0 aliphatic rings. The van der Waals surface area contributed by atoms with Gasteiger partial charge in [0.2, 0.25) is 0 Å². The van der Waals surface area contributed by atoms with Crippen molar-refractivity contribution in [3.8, 4) is 5.75 Å². The van der Waals surface area contributed by atoms with Gasteiger partial charge in [-0.1, -0.05) is 50.6 Å². The second-order valence-corrected chi connectivity index (χ2v) is 5.55. The minimum absolute atomic E-state index is 0.0500. The van der Waals surface area contributed by atoms with Crippen LogP contribution in [0.4, 0.5) is 0 Å². The molecular weight excluding hydrogens is 278 g/mol. The van der Waals surface area contributed by atoms with Gasteiger partial charge in [0.05, 0.1) is 6.10 Å². The lowest BCUT2D eigenvalue weighted by atomic mass is 10.0. The third-order valence-electron chi connectivity index (χ3n) is 3.90. The number of amides is 1. The van der Waals surface area contributed by atoms with Crippen molar-refractivity contribution in [2.75, 3.05) is 13.2 Å². The van der Waals surface area contributed by atoms with Crippen LogP contribution in [-0.2, 0) is 4.79 Å². The van der Waals surface area contributed by atoms with Gasteiger partial charge in [0.25, 0.3) is 5.91 Å². The number of rotatable bonds is 7. The van der Waals surface area contributed by atoms with Crippen molar-refractivity contribution in [1.82, 2.24) is 5.32 Å². The monoisotopic (exact) mass is 301 g/mol. The zero-order chi connectivity index (χ0) is 15.9. The van der Waals surface area contributed by atoms with Crippen LogP contribution in [0.1, 0.15) is 20.3 Å². The molecule has 0 aromatic heterocycles. The van der Waals surface area contributed by atoms with Crippen molar-refractivity contribution in [2.45, 2.75) is 26.4 Å². The molecule has 2 aromatic carbocycles. The van der Waals surface area contributed by atoms with Gasteiger partial charge < -0.3 is 15.2 Å². The van der Waals surface area contributed by atoms with E-state index in [4.69, 9.17) is 4.74 Å². The molecular formula is C18H23NO3. The van der Waals surface area contributed by atoms with Crippen molar-refractivity contribution in [1.29, 1.82) is 0 Å². The van der Waals surface area contributed by atoms with Crippen molar-refractivity contribution in [3.05, 3.63) is 42.5 Å². The van der Waals surface area contributed by atoms with Crippen LogP contribution in [0.15, 0.2) is 42.5 Å². The van der Waals surface area contributed by atoms with Crippen molar-refractivity contribution >= 4 is 16.7 Å². The molecule has 0 bridgehead atoms. The number of aliphatic hydroxyl groups is 1. The standard InChI is InChI=1S/C18H23NO3/c1-3-13(2)17(20)11-19-18(21)12-22-16-9-8-14-6-4-5-7-15(14)10-16/h4-10,13,17,20H,3,11-12H2,1-2H3,(H,19,21). The average Bonchev–Trinajstić information content (AvgIpc) is 2.56. The van der Waals surface area contributed by atoms with Crippen molar-refractivity contribution < 1.29 is 14.6 Å². The summed E-state index contributed by atoms with van der Waals surface area (Å²) in [6.45, 7) is 4.18. The molecule has 0 aliphatic carbocycles. The number of carbonyl (C=O) groups is 1. The summed E-state index contributed by atoms with van der Waals surface area (Å²) >= 11 is 0. The van der Waals surface area contributed by atoms with E-state index in [0.717, 1.165) is 17.2 Å². The fourth-order valence-corrected chi connectivity index (χ4v) is 2.15. The van der Waals surface area contributed by atoms with E-state index >= 15 is 0 Å². The molecule has 118 valence electrons. The van der Waals surface area contributed by atoms with E-state index in [9.17, 15) is 9.90 Å². The maximum Gasteiger partial charge on any atom is 0.258 e. The summed E-state index contributed by atoms with van der Waals surface area (Å²) in [7, 11) is 0. The van der Waals surface area contributed by atoms with E-state index in [1.165, 1.54) is 0 Å². The Morgan fingerprint density at radius 1 is 1.23 bits per heavy atom. The average molecular weight is 301 g/mol. The molecule has 0 spiro atoms. The molecule has 0 saturated carbocycles. The maximum atomic E-state index is 11.7. The molecule has 0 saturated heterocycles. The first-order chi connectivity index (χ1) is 10.6. The summed E-state index contributed by atoms with van der Waals surface area (Å²) in [4.78, 5) is 11.7. The normalized spacial score (nSPS) is 13.6. The molecule has 4 nitrogen and oxygen atoms in total. The van der Waals surface area contributed by atoms with Gasteiger partial charge in [0, 0.05) is 6.54 Å². The minimum atomic E-state index is -0.519. The van der Waals surface area contributed by atoms with Crippen LogP contribution in [0.3, 0.4) is 0 Å². The summed E-state index contributed by atoms with van der Waals surface area (Å²) in [5, 5.41) is 14.7. The van der Waals surface area contributed by atoms with Gasteiger partial charge in [-0.05, 0) is 28.8 Å². The van der Waals surface area contributed by atoms with E-state index in [-0.39, 0.29) is 25.0 Å². The summed E-state index contributed by atoms with van der Waals surface area (Å²) < 4.78 is 5.50. The van der Waals surface area contributed by atoms with Crippen LogP contribution in [0.25, 0.3) is 10.8 Å². The van der Waals surface area contributed by atoms with Gasteiger partial charge >= 0.3 is 0 Å². The van der Waals surface area contributed by atoms with Gasteiger partial charge in [-0.25, -0.2) is 0 Å². The zero-order valence-electron chi connectivity index (χ0n) is 13.1. The molecule has 2 unspecified atom stereocenters. The summed E-state index contributed by atoms with van der Waals surface area (Å²) in [5.41, 5.74) is 0. The third-order valence-corrected chi connectivity index (χ3v) is 3.90. The van der Waals surface area contributed by atoms with Crippen LogP contribution in [-0.4, -0.2) is 30.3 Å². The number of ether oxygens (including phenoxy) is 1. The Morgan fingerprint density at radius 3 is 2.68 bits per heavy atom. The third kappa shape index (κ3) is 4.46. The topological polar surface area (TPSA) is 58.6 Å². The first-order valence-corrected chi connectivity index (χ1v) is 7.66. The van der Waals surface area contributed by atoms with Crippen molar-refractivity contribution in [3.63, 3.8) is 0 Å². The molecule has 2 N–H and O–H groups in total. The van der Waals surface area contributed by atoms with Crippen LogP contribution >= 0.6 is 0 Å². The number of aliphatic hydroxyl groups excluding tert-OH is 1. The maximum absolute atomic E-state index is 11.7. The lowest BCUT2D eigenvalue weighted by molar-refractivity contribution is -0.123. The number of carbonyl (C=O) groups excluding carboxylic acids is 1. The van der Waals surface area contributed by atoms with Crippen LogP contribution in [0.5, 0.6) is 5.75 Å². The molecule has 2 aromatic rings. The van der Waals surface area contributed by atoms with Crippen molar-refractivity contribution in [2.24, 2.45) is 5.92 Å². The van der Waals surface area contributed by atoms with Gasteiger partial charge in [0.15, 0.2) is 6.61 Å². The quantitative estimate of drug-likeness (QED) is 0.826. The number of benzene rings is 2. The summed E-state index contributed by atoms with van der Waals surface area (Å²) in [5.74, 6) is 0.605. The lowest BCUT2D eigenvalue weighted by Crippen LogP contribution is -2.37. The highest BCUT2D eigenvalue weighted by molar-refractivity contribution is 5.84. The second kappa shape index (κ2) is 7.80. The molecule has 2 atom stereocenters. The predicted molar refractivity (Wildman–Crippen MR) is 87.9 cm³/mol. The van der Waals surface area contributed by atoms with E-state index in [1.54, 1.807) is 0 Å². The van der Waals surface area contributed by atoms with E-state index in [1.807, 2.05) is 56.3 Å². The zero-order valence-corrected chi connectivity index (χ0v) is 13.1. The Morgan fingerprint density at radius 2 is 1.95 bits per heavy atom. The molecule has 0 heterocycles. The molecule has 0 aliphatic heterocycles. The number of nitrogens with one attached hydrogen (secondary N) is 1. The Labute approximate surface area is 131 Å². The highest BCUT2D eigenvalue weighted by Gasteiger charge is 2.13. The Hall–Kier alpha value is -2.07. The molecule has 4 heteroatoms. The predicted octanol–water partition coefficient (Wildman–Crippen LogP) is 2.74.